The first-order valence-electron chi connectivity index (χ1n) is 7.41. The topological polar surface area (TPSA) is 52.6 Å². The lowest BCUT2D eigenvalue weighted by atomic mass is 10.1. The molecule has 0 atom stereocenters. The molecule has 0 spiro atoms. The lowest BCUT2D eigenvalue weighted by Gasteiger charge is -2.20. The number of nitrogens with one attached hydrogen (secondary N) is 1. The van der Waals surface area contributed by atoms with Gasteiger partial charge in [-0.2, -0.15) is 0 Å². The van der Waals surface area contributed by atoms with E-state index in [1.165, 1.54) is 0 Å². The molecule has 0 aliphatic carbocycles. The summed E-state index contributed by atoms with van der Waals surface area (Å²) < 4.78 is 15.9. The minimum atomic E-state index is 0.106. The minimum absolute atomic E-state index is 0.106. The van der Waals surface area contributed by atoms with Crippen LogP contribution < -0.4 is 10.1 Å². The first kappa shape index (κ1) is 17.9. The van der Waals surface area contributed by atoms with Crippen LogP contribution in [0.15, 0.2) is 18.3 Å². The molecule has 0 aliphatic rings. The van der Waals surface area contributed by atoms with Crippen LogP contribution in [-0.4, -0.2) is 44.1 Å². The average Bonchev–Trinajstić information content (AvgIpc) is 2.44. The number of methoxy groups -OCH3 is 1. The monoisotopic (exact) mass is 296 g/mol. The first-order chi connectivity index (χ1) is 10.0. The van der Waals surface area contributed by atoms with Crippen molar-refractivity contribution >= 4 is 0 Å². The van der Waals surface area contributed by atoms with Crippen LogP contribution in [-0.2, 0) is 16.0 Å². The molecule has 0 amide bonds. The summed E-state index contributed by atoms with van der Waals surface area (Å²) in [5.41, 5.74) is 1.25. The average molecular weight is 296 g/mol. The van der Waals surface area contributed by atoms with Crippen molar-refractivity contribution in [1.82, 2.24) is 10.3 Å². The van der Waals surface area contributed by atoms with Crippen molar-refractivity contribution in [1.29, 1.82) is 0 Å². The Morgan fingerprint density at radius 2 is 1.90 bits per heavy atom. The van der Waals surface area contributed by atoms with Gasteiger partial charge < -0.3 is 19.5 Å². The maximum atomic E-state index is 5.53. The highest BCUT2D eigenvalue weighted by Crippen LogP contribution is 2.09. The molecule has 5 heteroatoms. The smallest absolute Gasteiger partial charge is 0.213 e. The Morgan fingerprint density at radius 3 is 2.52 bits per heavy atom. The number of hydrogen-bond acceptors (Lipinski definition) is 5. The number of aromatic nitrogens is 1. The van der Waals surface area contributed by atoms with Crippen molar-refractivity contribution in [3.05, 3.63) is 23.9 Å². The largest absolute Gasteiger partial charge is 0.475 e. The number of nitrogens with zero attached hydrogens (tertiary/aromatic N) is 1. The van der Waals surface area contributed by atoms with Gasteiger partial charge in [-0.25, -0.2) is 4.98 Å². The molecule has 5 nitrogen and oxygen atoms in total. The quantitative estimate of drug-likeness (QED) is 0.672. The fraction of sp³-hybridized carbons (Fsp3) is 0.688. The molecule has 1 aromatic rings. The molecule has 0 aliphatic heterocycles. The summed E-state index contributed by atoms with van der Waals surface area (Å²) in [4.78, 5) is 4.29. The summed E-state index contributed by atoms with van der Waals surface area (Å²) >= 11 is 0. The van der Waals surface area contributed by atoms with Crippen LogP contribution in [0.1, 0.15) is 32.8 Å². The lowest BCUT2D eigenvalue weighted by Crippen LogP contribution is -2.35. The van der Waals surface area contributed by atoms with Gasteiger partial charge in [-0.3, -0.25) is 0 Å². The van der Waals surface area contributed by atoms with Crippen LogP contribution in [0, 0.1) is 0 Å². The third kappa shape index (κ3) is 9.39. The second kappa shape index (κ2) is 9.71. The molecule has 0 saturated carbocycles. The predicted octanol–water partition coefficient (Wildman–Crippen LogP) is 2.40. The Morgan fingerprint density at radius 1 is 1.10 bits per heavy atom. The van der Waals surface area contributed by atoms with E-state index in [-0.39, 0.29) is 5.54 Å². The molecule has 1 N–H and O–H groups in total. The summed E-state index contributed by atoms with van der Waals surface area (Å²) in [6.07, 6.45) is 2.75. The van der Waals surface area contributed by atoms with E-state index >= 15 is 0 Å². The van der Waals surface area contributed by atoms with Crippen LogP contribution >= 0.6 is 0 Å². The maximum Gasteiger partial charge on any atom is 0.213 e. The lowest BCUT2D eigenvalue weighted by molar-refractivity contribution is 0.0795. The summed E-state index contributed by atoms with van der Waals surface area (Å²) in [5, 5.41) is 3.42. The van der Waals surface area contributed by atoms with E-state index in [9.17, 15) is 0 Å². The minimum Gasteiger partial charge on any atom is -0.475 e. The second-order valence-corrected chi connectivity index (χ2v) is 5.92. The Hall–Kier alpha value is -1.17. The Labute approximate surface area is 128 Å². The maximum absolute atomic E-state index is 5.53. The molecule has 120 valence electrons. The second-order valence-electron chi connectivity index (χ2n) is 5.92. The van der Waals surface area contributed by atoms with Crippen molar-refractivity contribution < 1.29 is 14.2 Å². The fourth-order valence-electron chi connectivity index (χ4n) is 1.58. The molecule has 1 aromatic heterocycles. The summed E-state index contributed by atoms with van der Waals surface area (Å²) in [6.45, 7) is 9.74. The van der Waals surface area contributed by atoms with E-state index < -0.39 is 0 Å². The van der Waals surface area contributed by atoms with Crippen LogP contribution in [0.2, 0.25) is 0 Å². The van der Waals surface area contributed by atoms with E-state index in [1.54, 1.807) is 7.11 Å². The highest BCUT2D eigenvalue weighted by molar-refractivity contribution is 5.17. The molecule has 0 fully saturated rings. The standard InChI is InChI=1S/C16H28N2O3/c1-16(2,3)18-13-14-6-7-15(17-12-14)21-11-10-20-9-5-8-19-4/h6-7,12,18H,5,8-11,13H2,1-4H3. The van der Waals surface area contributed by atoms with Gasteiger partial charge in [-0.05, 0) is 32.8 Å². The van der Waals surface area contributed by atoms with Crippen LogP contribution in [0.25, 0.3) is 0 Å². The number of pyridine rings is 1. The van der Waals surface area contributed by atoms with Gasteiger partial charge >= 0.3 is 0 Å². The van der Waals surface area contributed by atoms with Crippen molar-refractivity contribution in [2.75, 3.05) is 33.5 Å². The first-order valence-corrected chi connectivity index (χ1v) is 7.41. The van der Waals surface area contributed by atoms with Crippen molar-refractivity contribution in [3.63, 3.8) is 0 Å². The number of ether oxygens (including phenoxy) is 3. The SMILES string of the molecule is COCCCOCCOc1ccc(CNC(C)(C)C)cn1. The van der Waals surface area contributed by atoms with Gasteiger partial charge in [-0.15, -0.1) is 0 Å². The molecule has 0 saturated heterocycles. The number of hydrogen-bond donors (Lipinski definition) is 1. The predicted molar refractivity (Wildman–Crippen MR) is 83.6 cm³/mol. The highest BCUT2D eigenvalue weighted by atomic mass is 16.5. The molecular formula is C16H28N2O3. The van der Waals surface area contributed by atoms with Gasteiger partial charge in [0.15, 0.2) is 0 Å². The van der Waals surface area contributed by atoms with E-state index in [0.29, 0.717) is 25.7 Å². The molecular weight excluding hydrogens is 268 g/mol. The van der Waals surface area contributed by atoms with E-state index in [1.807, 2.05) is 18.3 Å². The van der Waals surface area contributed by atoms with Gasteiger partial charge in [0.05, 0.1) is 6.61 Å². The molecule has 21 heavy (non-hydrogen) atoms. The molecule has 0 radical (unpaired) electrons. The van der Waals surface area contributed by atoms with Crippen LogP contribution in [0.5, 0.6) is 5.88 Å². The molecule has 0 bridgehead atoms. The molecule has 1 rings (SSSR count). The Bertz CT molecular complexity index is 374. The zero-order valence-corrected chi connectivity index (χ0v) is 13.6. The van der Waals surface area contributed by atoms with Gasteiger partial charge in [0, 0.05) is 44.7 Å². The van der Waals surface area contributed by atoms with Crippen molar-refractivity contribution in [2.45, 2.75) is 39.3 Å². The normalized spacial score (nSPS) is 11.6. The van der Waals surface area contributed by atoms with Gasteiger partial charge in [0.1, 0.15) is 6.61 Å². The van der Waals surface area contributed by atoms with E-state index in [0.717, 1.165) is 25.1 Å². The fourth-order valence-corrected chi connectivity index (χ4v) is 1.58. The van der Waals surface area contributed by atoms with Crippen molar-refractivity contribution in [2.24, 2.45) is 0 Å². The summed E-state index contributed by atoms with van der Waals surface area (Å²) in [5.74, 6) is 0.634. The molecule has 0 unspecified atom stereocenters. The highest BCUT2D eigenvalue weighted by Gasteiger charge is 2.08. The zero-order valence-electron chi connectivity index (χ0n) is 13.6. The van der Waals surface area contributed by atoms with Gasteiger partial charge in [-0.1, -0.05) is 6.07 Å². The molecule has 1 heterocycles. The van der Waals surface area contributed by atoms with Crippen molar-refractivity contribution in [3.8, 4) is 5.88 Å². The summed E-state index contributed by atoms with van der Waals surface area (Å²) in [6, 6.07) is 3.92. The van der Waals surface area contributed by atoms with Gasteiger partial charge in [0.2, 0.25) is 5.88 Å². The third-order valence-corrected chi connectivity index (χ3v) is 2.74. The van der Waals surface area contributed by atoms with Gasteiger partial charge in [0.25, 0.3) is 0 Å². The van der Waals surface area contributed by atoms with Crippen LogP contribution in [0.3, 0.4) is 0 Å². The molecule has 0 aromatic carbocycles. The van der Waals surface area contributed by atoms with E-state index in [4.69, 9.17) is 14.2 Å². The number of rotatable bonds is 10. The Kier molecular flexibility index (Phi) is 8.27. The third-order valence-electron chi connectivity index (χ3n) is 2.74. The van der Waals surface area contributed by atoms with Crippen LogP contribution in [0.4, 0.5) is 0 Å². The zero-order chi connectivity index (χ0) is 15.6. The van der Waals surface area contributed by atoms with E-state index in [2.05, 4.69) is 31.1 Å². The summed E-state index contributed by atoms with van der Waals surface area (Å²) in [7, 11) is 1.69. The Balaban J connectivity index is 2.16.